The molecule has 1 amide bonds. The topological polar surface area (TPSA) is 72.6 Å². The number of hydrogen-bond donors (Lipinski definition) is 1. The molecule has 5 nitrogen and oxygen atoms in total. The Morgan fingerprint density at radius 2 is 2.27 bits per heavy atom. The fourth-order valence-corrected chi connectivity index (χ4v) is 2.60. The van der Waals surface area contributed by atoms with Gasteiger partial charge in [0.15, 0.2) is 0 Å². The van der Waals surface area contributed by atoms with E-state index in [2.05, 4.69) is 0 Å². The Balaban J connectivity index is 2.19. The molecule has 2 saturated heterocycles. The van der Waals surface area contributed by atoms with Crippen LogP contribution in [0.1, 0.15) is 25.7 Å². The molecule has 0 aromatic heterocycles. The molecule has 0 radical (unpaired) electrons. The number of nitrogens with zero attached hydrogens (tertiary/aromatic N) is 1. The third-order valence-corrected chi connectivity index (χ3v) is 3.32. The van der Waals surface area contributed by atoms with Crippen molar-refractivity contribution in [1.82, 2.24) is 4.90 Å². The molecular formula is C10H16N2O3. The van der Waals surface area contributed by atoms with Crippen LogP contribution in [-0.2, 0) is 14.3 Å². The van der Waals surface area contributed by atoms with E-state index in [0.29, 0.717) is 12.8 Å². The average Bonchev–Trinajstić information content (AvgIpc) is 2.54. The zero-order valence-electron chi connectivity index (χ0n) is 8.81. The maximum Gasteiger partial charge on any atom is 0.328 e. The summed E-state index contributed by atoms with van der Waals surface area (Å²) in [5.74, 6) is -0.419. The van der Waals surface area contributed by atoms with E-state index in [9.17, 15) is 9.59 Å². The van der Waals surface area contributed by atoms with Gasteiger partial charge in [-0.25, -0.2) is 4.79 Å². The van der Waals surface area contributed by atoms with Crippen molar-refractivity contribution < 1.29 is 14.3 Å². The fourth-order valence-electron chi connectivity index (χ4n) is 2.60. The summed E-state index contributed by atoms with van der Waals surface area (Å²) in [5, 5.41) is 0. The van der Waals surface area contributed by atoms with Crippen molar-refractivity contribution in [3.05, 3.63) is 0 Å². The summed E-state index contributed by atoms with van der Waals surface area (Å²) in [5.41, 5.74) is 5.70. The maximum absolute atomic E-state index is 11.8. The van der Waals surface area contributed by atoms with Crippen LogP contribution in [0.4, 0.5) is 0 Å². The molecule has 0 aromatic carbocycles. The summed E-state index contributed by atoms with van der Waals surface area (Å²) in [4.78, 5) is 24.9. The van der Waals surface area contributed by atoms with Gasteiger partial charge in [0.25, 0.3) is 0 Å². The van der Waals surface area contributed by atoms with Crippen molar-refractivity contribution in [2.75, 3.05) is 7.11 Å². The summed E-state index contributed by atoms with van der Waals surface area (Å²) >= 11 is 0. The van der Waals surface area contributed by atoms with E-state index < -0.39 is 12.1 Å². The number of carbonyl (C=O) groups excluding carboxylic acids is 2. The first kappa shape index (κ1) is 10.4. The van der Waals surface area contributed by atoms with Gasteiger partial charge >= 0.3 is 5.97 Å². The van der Waals surface area contributed by atoms with E-state index in [1.54, 1.807) is 4.90 Å². The van der Waals surface area contributed by atoms with Gasteiger partial charge in [-0.1, -0.05) is 0 Å². The zero-order chi connectivity index (χ0) is 11.0. The van der Waals surface area contributed by atoms with Gasteiger partial charge < -0.3 is 15.4 Å². The molecule has 2 N–H and O–H groups in total. The molecule has 2 fully saturated rings. The molecule has 0 unspecified atom stereocenters. The predicted molar refractivity (Wildman–Crippen MR) is 52.9 cm³/mol. The highest BCUT2D eigenvalue weighted by Gasteiger charge is 2.45. The Kier molecular flexibility index (Phi) is 2.65. The van der Waals surface area contributed by atoms with Crippen molar-refractivity contribution in [2.45, 2.75) is 43.8 Å². The number of fused-ring (bicyclic) bond motifs is 1. The van der Waals surface area contributed by atoms with Crippen molar-refractivity contribution in [3.8, 4) is 0 Å². The highest BCUT2D eigenvalue weighted by atomic mass is 16.5. The number of esters is 1. The number of hydrogen-bond acceptors (Lipinski definition) is 4. The molecule has 3 atom stereocenters. The first-order valence-electron chi connectivity index (χ1n) is 5.30. The minimum Gasteiger partial charge on any atom is -0.467 e. The maximum atomic E-state index is 11.8. The number of piperidine rings is 1. The van der Waals surface area contributed by atoms with Crippen LogP contribution in [0.5, 0.6) is 0 Å². The average molecular weight is 212 g/mol. The Hall–Kier alpha value is -1.10. The zero-order valence-corrected chi connectivity index (χ0v) is 8.81. The number of rotatable bonds is 1. The van der Waals surface area contributed by atoms with Crippen molar-refractivity contribution in [1.29, 1.82) is 0 Å². The third-order valence-electron chi connectivity index (χ3n) is 3.32. The van der Waals surface area contributed by atoms with Crippen LogP contribution in [-0.4, -0.2) is 42.0 Å². The lowest BCUT2D eigenvalue weighted by atomic mass is 9.96. The number of methoxy groups -OCH3 is 1. The largest absolute Gasteiger partial charge is 0.467 e. The van der Waals surface area contributed by atoms with Gasteiger partial charge in [0.1, 0.15) is 6.04 Å². The fraction of sp³-hybridized carbons (Fsp3) is 0.800. The molecule has 84 valence electrons. The van der Waals surface area contributed by atoms with E-state index in [0.717, 1.165) is 12.8 Å². The monoisotopic (exact) mass is 212 g/mol. The Morgan fingerprint density at radius 3 is 2.93 bits per heavy atom. The van der Waals surface area contributed by atoms with Gasteiger partial charge in [0.05, 0.1) is 13.2 Å². The molecule has 2 aliphatic rings. The minimum absolute atomic E-state index is 0.102. The van der Waals surface area contributed by atoms with Crippen LogP contribution in [0.2, 0.25) is 0 Å². The number of carbonyl (C=O) groups is 2. The predicted octanol–water partition coefficient (Wildman–Crippen LogP) is -0.360. The summed E-state index contributed by atoms with van der Waals surface area (Å²) in [7, 11) is 1.35. The first-order valence-corrected chi connectivity index (χ1v) is 5.30. The third kappa shape index (κ3) is 1.61. The Morgan fingerprint density at radius 1 is 1.53 bits per heavy atom. The summed E-state index contributed by atoms with van der Waals surface area (Å²) in [6, 6.07) is -0.694. The van der Waals surface area contributed by atoms with Crippen LogP contribution in [0.15, 0.2) is 0 Å². The smallest absolute Gasteiger partial charge is 0.328 e. The molecule has 2 aliphatic heterocycles. The van der Waals surface area contributed by atoms with Gasteiger partial charge in [-0.2, -0.15) is 0 Å². The lowest BCUT2D eigenvalue weighted by molar-refractivity contribution is -0.154. The van der Waals surface area contributed by atoms with E-state index >= 15 is 0 Å². The van der Waals surface area contributed by atoms with Crippen molar-refractivity contribution in [2.24, 2.45) is 5.73 Å². The molecule has 0 aromatic rings. The summed E-state index contributed by atoms with van der Waals surface area (Å²) in [6.45, 7) is 0. The second-order valence-electron chi connectivity index (χ2n) is 4.21. The highest BCUT2D eigenvalue weighted by Crippen LogP contribution is 2.31. The molecule has 2 heterocycles. The molecular weight excluding hydrogens is 196 g/mol. The Labute approximate surface area is 88.5 Å². The number of ether oxygens (including phenoxy) is 1. The van der Waals surface area contributed by atoms with Crippen LogP contribution in [0.25, 0.3) is 0 Å². The van der Waals surface area contributed by atoms with Gasteiger partial charge in [-0.05, 0) is 25.7 Å². The molecule has 0 saturated carbocycles. The highest BCUT2D eigenvalue weighted by molar-refractivity contribution is 5.89. The standard InChI is InChI=1S/C10H16N2O3/c1-15-10(14)8-4-2-3-6-5-7(11)9(13)12(6)8/h6-8H,2-5,11H2,1H3/t6-,7+,8+/m1/s1. The molecule has 2 rings (SSSR count). The Bertz CT molecular complexity index is 292. The lowest BCUT2D eigenvalue weighted by Crippen LogP contribution is -2.50. The van der Waals surface area contributed by atoms with Crippen LogP contribution in [0, 0.1) is 0 Å². The molecule has 0 spiro atoms. The summed E-state index contributed by atoms with van der Waals surface area (Å²) in [6.07, 6.45) is 3.28. The van der Waals surface area contributed by atoms with Gasteiger partial charge in [-0.3, -0.25) is 4.79 Å². The van der Waals surface area contributed by atoms with Gasteiger partial charge in [0.2, 0.25) is 5.91 Å². The molecule has 0 bridgehead atoms. The SMILES string of the molecule is COC(=O)[C@@H]1CCC[C@@H]2C[C@H](N)C(=O)N21. The second kappa shape index (κ2) is 3.81. The van der Waals surface area contributed by atoms with Crippen LogP contribution < -0.4 is 5.73 Å². The minimum atomic E-state index is -0.430. The quantitative estimate of drug-likeness (QED) is 0.602. The van der Waals surface area contributed by atoms with Crippen LogP contribution >= 0.6 is 0 Å². The number of nitrogens with two attached hydrogens (primary N) is 1. The van der Waals surface area contributed by atoms with E-state index in [1.807, 2.05) is 0 Å². The molecule has 5 heteroatoms. The lowest BCUT2D eigenvalue weighted by Gasteiger charge is -2.35. The van der Waals surface area contributed by atoms with E-state index in [4.69, 9.17) is 10.5 Å². The second-order valence-corrected chi connectivity index (χ2v) is 4.21. The normalized spacial score (nSPS) is 35.2. The molecule has 0 aliphatic carbocycles. The summed E-state index contributed by atoms with van der Waals surface area (Å²) < 4.78 is 4.71. The van der Waals surface area contributed by atoms with E-state index in [1.165, 1.54) is 7.11 Å². The van der Waals surface area contributed by atoms with Gasteiger partial charge in [0, 0.05) is 6.04 Å². The van der Waals surface area contributed by atoms with E-state index in [-0.39, 0.29) is 17.9 Å². The number of amides is 1. The van der Waals surface area contributed by atoms with Crippen molar-refractivity contribution in [3.63, 3.8) is 0 Å². The molecule has 15 heavy (non-hydrogen) atoms. The first-order chi connectivity index (χ1) is 7.15. The van der Waals surface area contributed by atoms with Crippen LogP contribution in [0.3, 0.4) is 0 Å². The van der Waals surface area contributed by atoms with Crippen molar-refractivity contribution >= 4 is 11.9 Å². The van der Waals surface area contributed by atoms with Gasteiger partial charge in [-0.15, -0.1) is 0 Å².